The molecule has 168 valence electrons. The molecule has 2 fully saturated rings. The van der Waals surface area contributed by atoms with Gasteiger partial charge in [-0.1, -0.05) is 77.9 Å². The molecule has 4 heteroatoms. The van der Waals surface area contributed by atoms with E-state index in [-0.39, 0.29) is 35.5 Å². The minimum atomic E-state index is -0.332. The third kappa shape index (κ3) is 3.22. The highest BCUT2D eigenvalue weighted by Gasteiger charge is 2.62. The summed E-state index contributed by atoms with van der Waals surface area (Å²) in [6.45, 7) is 4.18. The molecule has 2 aliphatic carbocycles. The molecule has 1 saturated carbocycles. The second kappa shape index (κ2) is 8.05. The number of imide groups is 1. The van der Waals surface area contributed by atoms with Crippen LogP contribution in [0.25, 0.3) is 5.57 Å². The van der Waals surface area contributed by atoms with E-state index in [1.54, 1.807) is 0 Å². The van der Waals surface area contributed by atoms with Crippen molar-refractivity contribution in [2.24, 2.45) is 23.7 Å². The van der Waals surface area contributed by atoms with Crippen molar-refractivity contribution in [2.75, 3.05) is 4.90 Å². The van der Waals surface area contributed by atoms with Crippen LogP contribution in [0.1, 0.15) is 22.3 Å². The first-order valence-corrected chi connectivity index (χ1v) is 12.7. The molecule has 3 aliphatic rings. The summed E-state index contributed by atoms with van der Waals surface area (Å²) in [4.78, 5) is 28.8. The third-order valence-electron chi connectivity index (χ3n) is 7.45. The number of allylic oxidation sites excluding steroid dienone is 3. The number of amides is 2. The zero-order valence-corrected chi connectivity index (χ0v) is 21.2. The van der Waals surface area contributed by atoms with Gasteiger partial charge in [-0.2, -0.15) is 0 Å². The lowest BCUT2D eigenvalue weighted by molar-refractivity contribution is -0.122. The molecule has 1 saturated heterocycles. The van der Waals surface area contributed by atoms with Gasteiger partial charge in [0.15, 0.2) is 0 Å². The van der Waals surface area contributed by atoms with Gasteiger partial charge >= 0.3 is 0 Å². The summed E-state index contributed by atoms with van der Waals surface area (Å²) in [6.07, 6.45) is 4.32. The fraction of sp³-hybridized carbons (Fsp3) is 0.200. The number of anilines is 1. The number of halogens is 1. The molecular formula is C30H24INO2. The summed E-state index contributed by atoms with van der Waals surface area (Å²) >= 11 is 2.22. The number of aryl methyl sites for hydroxylation is 2. The maximum Gasteiger partial charge on any atom is 0.238 e. The topological polar surface area (TPSA) is 37.4 Å². The second-order valence-corrected chi connectivity index (χ2v) is 10.8. The van der Waals surface area contributed by atoms with E-state index >= 15 is 0 Å². The molecule has 34 heavy (non-hydrogen) atoms. The average Bonchev–Trinajstić information content (AvgIpc) is 3.46. The summed E-state index contributed by atoms with van der Waals surface area (Å²) < 4.78 is 1.01. The molecule has 0 radical (unpaired) electrons. The lowest BCUT2D eigenvalue weighted by Crippen LogP contribution is -2.33. The van der Waals surface area contributed by atoms with Crippen molar-refractivity contribution >= 4 is 45.7 Å². The van der Waals surface area contributed by atoms with Crippen LogP contribution in [0, 0.1) is 41.1 Å². The Bertz CT molecular complexity index is 1300. The van der Waals surface area contributed by atoms with Crippen molar-refractivity contribution in [3.05, 3.63) is 116 Å². The van der Waals surface area contributed by atoms with Gasteiger partial charge in [0.05, 0.1) is 17.5 Å². The van der Waals surface area contributed by atoms with Crippen LogP contribution in [0.5, 0.6) is 0 Å². The van der Waals surface area contributed by atoms with E-state index in [9.17, 15) is 9.59 Å². The highest BCUT2D eigenvalue weighted by Crippen LogP contribution is 2.58. The van der Waals surface area contributed by atoms with E-state index in [4.69, 9.17) is 0 Å². The molecule has 3 aromatic rings. The highest BCUT2D eigenvalue weighted by atomic mass is 127. The monoisotopic (exact) mass is 557 g/mol. The summed E-state index contributed by atoms with van der Waals surface area (Å²) in [5, 5.41) is 0. The Morgan fingerprint density at radius 1 is 0.735 bits per heavy atom. The summed E-state index contributed by atoms with van der Waals surface area (Å²) in [5.41, 5.74) is 7.75. The molecule has 4 atom stereocenters. The van der Waals surface area contributed by atoms with Gasteiger partial charge in [0.25, 0.3) is 0 Å². The Hall–Kier alpha value is -2.99. The van der Waals surface area contributed by atoms with Crippen molar-refractivity contribution < 1.29 is 9.59 Å². The molecule has 1 heterocycles. The Balaban J connectivity index is 1.49. The van der Waals surface area contributed by atoms with E-state index < -0.39 is 0 Å². The van der Waals surface area contributed by atoms with Crippen molar-refractivity contribution in [3.8, 4) is 0 Å². The molecule has 2 bridgehead atoms. The van der Waals surface area contributed by atoms with E-state index in [1.807, 2.05) is 24.3 Å². The number of fused-ring (bicyclic) bond motifs is 5. The number of benzene rings is 3. The molecule has 0 N–H and O–H groups in total. The first-order chi connectivity index (χ1) is 16.4. The van der Waals surface area contributed by atoms with Crippen molar-refractivity contribution in [3.63, 3.8) is 0 Å². The summed E-state index contributed by atoms with van der Waals surface area (Å²) in [7, 11) is 0. The van der Waals surface area contributed by atoms with Gasteiger partial charge in [0.1, 0.15) is 0 Å². The number of hydrogen-bond donors (Lipinski definition) is 0. The van der Waals surface area contributed by atoms with Crippen molar-refractivity contribution in [1.29, 1.82) is 0 Å². The van der Waals surface area contributed by atoms with Gasteiger partial charge < -0.3 is 0 Å². The van der Waals surface area contributed by atoms with E-state index in [1.165, 1.54) is 21.6 Å². The van der Waals surface area contributed by atoms with Crippen LogP contribution in [0.3, 0.4) is 0 Å². The van der Waals surface area contributed by atoms with Crippen LogP contribution in [0.2, 0.25) is 0 Å². The standard InChI is InChI=1S/C30H24INO2/c1-17-6-10-19(11-7-17)25(20-12-8-18(2)9-13-20)26-23-14-15-24(26)28-27(23)29(33)32(30(28)34)22-5-3-4-21(31)16-22/h3-16,23-24,27-28H,1-2H3/t23-,24-,27-,28+/m1/s1. The molecule has 0 spiro atoms. The zero-order valence-electron chi connectivity index (χ0n) is 19.0. The quantitative estimate of drug-likeness (QED) is 0.215. The normalized spacial score (nSPS) is 24.8. The minimum absolute atomic E-state index is 0.0585. The van der Waals surface area contributed by atoms with E-state index in [0.29, 0.717) is 5.69 Å². The lowest BCUT2D eigenvalue weighted by Gasteiger charge is -2.22. The Kier molecular flexibility index (Phi) is 5.10. The minimum Gasteiger partial charge on any atom is -0.274 e. The smallest absolute Gasteiger partial charge is 0.238 e. The molecule has 0 aromatic heterocycles. The summed E-state index contributed by atoms with van der Waals surface area (Å²) in [5.74, 6) is -0.923. The number of carbonyl (C=O) groups is 2. The highest BCUT2D eigenvalue weighted by molar-refractivity contribution is 14.1. The first kappa shape index (κ1) is 21.5. The van der Waals surface area contributed by atoms with E-state index in [0.717, 1.165) is 20.3 Å². The first-order valence-electron chi connectivity index (χ1n) is 11.6. The van der Waals surface area contributed by atoms with Crippen LogP contribution in [0.15, 0.2) is 90.5 Å². The van der Waals surface area contributed by atoms with Crippen LogP contribution in [-0.2, 0) is 9.59 Å². The molecule has 3 nitrogen and oxygen atoms in total. The molecule has 3 aromatic carbocycles. The fourth-order valence-electron chi connectivity index (χ4n) is 5.91. The Labute approximate surface area is 213 Å². The van der Waals surface area contributed by atoms with Crippen LogP contribution in [0.4, 0.5) is 5.69 Å². The molecular weight excluding hydrogens is 533 g/mol. The van der Waals surface area contributed by atoms with Gasteiger partial charge in [-0.3, -0.25) is 9.59 Å². The predicted molar refractivity (Wildman–Crippen MR) is 143 cm³/mol. The van der Waals surface area contributed by atoms with Crippen molar-refractivity contribution in [2.45, 2.75) is 13.8 Å². The summed E-state index contributed by atoms with van der Waals surface area (Å²) in [6, 6.07) is 24.8. The predicted octanol–water partition coefficient (Wildman–Crippen LogP) is 6.33. The maximum absolute atomic E-state index is 13.7. The number of carbonyl (C=O) groups excluding carboxylic acids is 2. The van der Waals surface area contributed by atoms with Gasteiger partial charge in [0, 0.05) is 15.4 Å². The third-order valence-corrected chi connectivity index (χ3v) is 8.12. The maximum atomic E-state index is 13.7. The SMILES string of the molecule is Cc1ccc(C(=C2[C@H]3C=C[C@H]2[C@H]2C(=O)N(c4cccc(I)c4)C(=O)[C@H]23)c2ccc(C)cc2)cc1. The van der Waals surface area contributed by atoms with Crippen LogP contribution in [-0.4, -0.2) is 11.8 Å². The number of nitrogens with zero attached hydrogens (tertiary/aromatic N) is 1. The van der Waals surface area contributed by atoms with Gasteiger partial charge in [-0.15, -0.1) is 0 Å². The Morgan fingerprint density at radius 2 is 1.24 bits per heavy atom. The fourth-order valence-corrected chi connectivity index (χ4v) is 6.43. The molecule has 1 aliphatic heterocycles. The molecule has 6 rings (SSSR count). The van der Waals surface area contributed by atoms with Gasteiger partial charge in [-0.25, -0.2) is 4.90 Å². The Morgan fingerprint density at radius 3 is 1.71 bits per heavy atom. The molecule has 2 amide bonds. The lowest BCUT2D eigenvalue weighted by atomic mass is 9.85. The van der Waals surface area contributed by atoms with Crippen LogP contribution >= 0.6 is 22.6 Å². The largest absolute Gasteiger partial charge is 0.274 e. The molecule has 0 unspecified atom stereocenters. The van der Waals surface area contributed by atoms with E-state index in [2.05, 4.69) is 97.1 Å². The van der Waals surface area contributed by atoms with Gasteiger partial charge in [0.2, 0.25) is 11.8 Å². The number of rotatable bonds is 3. The average molecular weight is 557 g/mol. The van der Waals surface area contributed by atoms with Crippen LogP contribution < -0.4 is 4.90 Å². The second-order valence-electron chi connectivity index (χ2n) is 9.54. The zero-order chi connectivity index (χ0) is 23.6. The van der Waals surface area contributed by atoms with Gasteiger partial charge in [-0.05, 0) is 76.9 Å². The van der Waals surface area contributed by atoms with Crippen molar-refractivity contribution in [1.82, 2.24) is 0 Å². The number of hydrogen-bond acceptors (Lipinski definition) is 2.